The lowest BCUT2D eigenvalue weighted by Crippen LogP contribution is -2.52. The normalized spacial score (nSPS) is 18.7. The van der Waals surface area contributed by atoms with Crippen molar-refractivity contribution in [3.05, 3.63) is 106 Å². The number of carbonyl (C=O) groups excluding carboxylic acids is 5. The van der Waals surface area contributed by atoms with Crippen LogP contribution in [0.3, 0.4) is 0 Å². The minimum atomic E-state index is -0.898. The first kappa shape index (κ1) is 30.3. The molecule has 0 bridgehead atoms. The van der Waals surface area contributed by atoms with Gasteiger partial charge >= 0.3 is 0 Å². The van der Waals surface area contributed by atoms with Gasteiger partial charge in [0, 0.05) is 67.2 Å². The van der Waals surface area contributed by atoms with Crippen LogP contribution in [0.15, 0.2) is 66.7 Å². The summed E-state index contributed by atoms with van der Waals surface area (Å²) in [6.07, 6.45) is 0. The summed E-state index contributed by atoms with van der Waals surface area (Å²) in [5, 5.41) is 0. The van der Waals surface area contributed by atoms with Crippen LogP contribution in [-0.2, 0) is 4.79 Å². The Kier molecular flexibility index (Phi) is 8.96. The summed E-state index contributed by atoms with van der Waals surface area (Å²) in [6.45, 7) is 1.74. The minimum absolute atomic E-state index is 0.0575. The minimum Gasteiger partial charge on any atom is -0.366 e. The van der Waals surface area contributed by atoms with E-state index < -0.39 is 35.4 Å². The second-order valence-electron chi connectivity index (χ2n) is 10.8. The van der Waals surface area contributed by atoms with Crippen molar-refractivity contribution in [3.8, 4) is 0 Å². The highest BCUT2D eigenvalue weighted by atomic mass is 19.1. The molecule has 4 N–H and O–H groups in total. The van der Waals surface area contributed by atoms with Crippen molar-refractivity contribution in [1.29, 1.82) is 0 Å². The lowest BCUT2D eigenvalue weighted by molar-refractivity contribution is -0.130. The zero-order valence-electron chi connectivity index (χ0n) is 23.7. The molecule has 1 saturated heterocycles. The fraction of sp³-hybridized carbons (Fsp3) is 0.281. The highest BCUT2D eigenvalue weighted by molar-refractivity contribution is 6.04. The van der Waals surface area contributed by atoms with Gasteiger partial charge in [-0.1, -0.05) is 36.4 Å². The molecule has 1 aliphatic rings. The number of nitrogens with zero attached hydrogens (tertiary/aromatic N) is 2. The molecule has 1 aliphatic heterocycles. The first-order valence-corrected chi connectivity index (χ1v) is 13.4. The molecular weight excluding hydrogens is 539 g/mol. The number of halogens is 1. The van der Waals surface area contributed by atoms with E-state index in [0.717, 1.165) is 0 Å². The molecule has 1 heterocycles. The second kappa shape index (κ2) is 12.4. The Morgan fingerprint density at radius 2 is 1.24 bits per heavy atom. The molecule has 0 radical (unpaired) electrons. The van der Waals surface area contributed by atoms with Gasteiger partial charge in [-0.15, -0.1) is 0 Å². The van der Waals surface area contributed by atoms with E-state index in [1.54, 1.807) is 56.3 Å². The van der Waals surface area contributed by atoms with Crippen LogP contribution in [-0.4, -0.2) is 72.8 Å². The Hall–Kier alpha value is -4.70. The largest absolute Gasteiger partial charge is 0.366 e. The van der Waals surface area contributed by atoms with E-state index in [-0.39, 0.29) is 59.4 Å². The average molecular weight is 573 g/mol. The van der Waals surface area contributed by atoms with Crippen molar-refractivity contribution < 1.29 is 28.4 Å². The Morgan fingerprint density at radius 3 is 1.69 bits per heavy atom. The van der Waals surface area contributed by atoms with Gasteiger partial charge in [-0.05, 0) is 48.4 Å². The van der Waals surface area contributed by atoms with Gasteiger partial charge in [0.2, 0.25) is 17.7 Å². The van der Waals surface area contributed by atoms with Gasteiger partial charge in [0.15, 0.2) is 11.6 Å². The number of amides is 3. The number of ketones is 2. The van der Waals surface area contributed by atoms with Crippen LogP contribution in [0.25, 0.3) is 0 Å². The summed E-state index contributed by atoms with van der Waals surface area (Å²) >= 11 is 0. The second-order valence-corrected chi connectivity index (χ2v) is 10.8. The van der Waals surface area contributed by atoms with Crippen LogP contribution >= 0.6 is 0 Å². The van der Waals surface area contributed by atoms with E-state index in [1.807, 2.05) is 0 Å². The third kappa shape index (κ3) is 6.28. The van der Waals surface area contributed by atoms with E-state index in [9.17, 15) is 28.4 Å². The third-order valence-corrected chi connectivity index (χ3v) is 7.84. The quantitative estimate of drug-likeness (QED) is 0.378. The van der Waals surface area contributed by atoms with Gasteiger partial charge in [0.1, 0.15) is 5.82 Å². The standard InChI is InChI=1S/C32H33FN4O5/c1-18-23(11-6-12-26(18)33)28-24(29(39)19-7-4-9-21(13-19)31(34)41)15-37(17-27(38)36(2)3)16-25(28)30(40)20-8-5-10-22(14-20)32(35)42/h4-14,24-25,28H,15-17H2,1-3H3,(H2,34,41)(H2,35,42). The van der Waals surface area contributed by atoms with Crippen molar-refractivity contribution in [3.63, 3.8) is 0 Å². The number of rotatable bonds is 9. The molecule has 3 aromatic carbocycles. The van der Waals surface area contributed by atoms with E-state index in [1.165, 1.54) is 41.3 Å². The molecule has 9 nitrogen and oxygen atoms in total. The third-order valence-electron chi connectivity index (χ3n) is 7.84. The van der Waals surface area contributed by atoms with Crippen LogP contribution in [0, 0.1) is 24.6 Å². The van der Waals surface area contributed by atoms with Crippen LogP contribution in [0.4, 0.5) is 4.39 Å². The van der Waals surface area contributed by atoms with Crippen molar-refractivity contribution in [1.82, 2.24) is 9.80 Å². The maximum Gasteiger partial charge on any atom is 0.248 e. The monoisotopic (exact) mass is 572 g/mol. The van der Waals surface area contributed by atoms with Gasteiger partial charge in [-0.25, -0.2) is 4.39 Å². The first-order chi connectivity index (χ1) is 19.9. The summed E-state index contributed by atoms with van der Waals surface area (Å²) in [5.74, 6) is -5.45. The van der Waals surface area contributed by atoms with Gasteiger partial charge in [0.25, 0.3) is 0 Å². The smallest absolute Gasteiger partial charge is 0.248 e. The summed E-state index contributed by atoms with van der Waals surface area (Å²) in [4.78, 5) is 68.1. The Labute approximate surface area is 243 Å². The zero-order chi connectivity index (χ0) is 30.7. The number of Topliss-reactive ketones (excluding diaryl/α,β-unsaturated/α-hetero) is 2. The molecule has 4 rings (SSSR count). The molecule has 0 aliphatic carbocycles. The Bertz CT molecular complexity index is 1490. The van der Waals surface area contributed by atoms with Crippen LogP contribution in [0.5, 0.6) is 0 Å². The maximum atomic E-state index is 14.9. The number of nitrogens with two attached hydrogens (primary N) is 2. The predicted octanol–water partition coefficient (Wildman–Crippen LogP) is 2.82. The molecule has 0 aromatic heterocycles. The van der Waals surface area contributed by atoms with Gasteiger partial charge < -0.3 is 16.4 Å². The molecule has 0 spiro atoms. The number of piperidine rings is 1. The van der Waals surface area contributed by atoms with E-state index in [0.29, 0.717) is 11.1 Å². The number of carbonyl (C=O) groups is 5. The van der Waals surface area contributed by atoms with Crippen molar-refractivity contribution >= 4 is 29.3 Å². The topological polar surface area (TPSA) is 144 Å². The molecule has 0 saturated carbocycles. The molecule has 3 aromatic rings. The highest BCUT2D eigenvalue weighted by Gasteiger charge is 2.46. The van der Waals surface area contributed by atoms with Crippen molar-refractivity contribution in [2.45, 2.75) is 12.8 Å². The molecule has 3 amide bonds. The number of likely N-dealkylation sites (tertiary alicyclic amines) is 1. The van der Waals surface area contributed by atoms with Crippen LogP contribution in [0.2, 0.25) is 0 Å². The zero-order valence-corrected chi connectivity index (χ0v) is 23.7. The summed E-state index contributed by atoms with van der Waals surface area (Å²) in [5.41, 5.74) is 12.4. The Morgan fingerprint density at radius 1 is 0.786 bits per heavy atom. The van der Waals surface area contributed by atoms with Crippen LogP contribution < -0.4 is 11.5 Å². The average Bonchev–Trinajstić information content (AvgIpc) is 2.97. The predicted molar refractivity (Wildman–Crippen MR) is 155 cm³/mol. The van der Waals surface area contributed by atoms with E-state index >= 15 is 0 Å². The fourth-order valence-electron chi connectivity index (χ4n) is 5.59. The Balaban J connectivity index is 1.89. The summed E-state index contributed by atoms with van der Waals surface area (Å²) in [7, 11) is 3.22. The summed E-state index contributed by atoms with van der Waals surface area (Å²) < 4.78 is 14.9. The molecule has 2 unspecified atom stereocenters. The van der Waals surface area contributed by atoms with Crippen LogP contribution in [0.1, 0.15) is 58.5 Å². The van der Waals surface area contributed by atoms with Gasteiger partial charge in [-0.3, -0.25) is 28.9 Å². The molecule has 2 atom stereocenters. The van der Waals surface area contributed by atoms with E-state index in [2.05, 4.69) is 0 Å². The number of hydrogen-bond donors (Lipinski definition) is 2. The molecular formula is C32H33FN4O5. The first-order valence-electron chi connectivity index (χ1n) is 13.4. The highest BCUT2D eigenvalue weighted by Crippen LogP contribution is 2.42. The van der Waals surface area contributed by atoms with Gasteiger partial charge in [-0.2, -0.15) is 0 Å². The lowest BCUT2D eigenvalue weighted by atomic mass is 9.67. The molecule has 42 heavy (non-hydrogen) atoms. The van der Waals surface area contributed by atoms with E-state index in [4.69, 9.17) is 11.5 Å². The SMILES string of the molecule is Cc1c(F)cccc1C1C(C(=O)c2cccc(C(N)=O)c2)CN(CC(=O)N(C)C)CC1C(=O)c1cccc(C(N)=O)c1. The summed E-state index contributed by atoms with van der Waals surface area (Å²) in [6, 6.07) is 16.5. The fourth-order valence-corrected chi connectivity index (χ4v) is 5.59. The number of benzene rings is 3. The number of hydrogen-bond acceptors (Lipinski definition) is 6. The number of likely N-dealkylation sites (N-methyl/N-ethyl adjacent to an activating group) is 1. The lowest BCUT2D eigenvalue weighted by Gasteiger charge is -2.43. The molecule has 1 fully saturated rings. The number of primary amides is 2. The molecule has 10 heteroatoms. The van der Waals surface area contributed by atoms with Crippen molar-refractivity contribution in [2.24, 2.45) is 23.3 Å². The molecule has 218 valence electrons. The van der Waals surface area contributed by atoms with Crippen molar-refractivity contribution in [2.75, 3.05) is 33.7 Å². The van der Waals surface area contributed by atoms with Gasteiger partial charge in [0.05, 0.1) is 6.54 Å². The maximum absolute atomic E-state index is 14.9.